The van der Waals surface area contributed by atoms with Crippen molar-refractivity contribution < 1.29 is 28.4 Å². The highest BCUT2D eigenvalue weighted by atomic mass is 35.5. The van der Waals surface area contributed by atoms with E-state index < -0.39 is 40.7 Å². The Morgan fingerprint density at radius 3 is 2.36 bits per heavy atom. The maximum Gasteiger partial charge on any atom is 0.329 e. The van der Waals surface area contributed by atoms with Gasteiger partial charge in [-0.1, -0.05) is 66.7 Å². The molecule has 5 fully saturated rings. The minimum atomic E-state index is -1.30. The van der Waals surface area contributed by atoms with E-state index in [9.17, 15) is 28.8 Å². The van der Waals surface area contributed by atoms with E-state index in [0.717, 1.165) is 56.4 Å². The summed E-state index contributed by atoms with van der Waals surface area (Å²) in [5.41, 5.74) is 1.55. The van der Waals surface area contributed by atoms with Crippen molar-refractivity contribution in [2.45, 2.75) is 99.2 Å². The Bertz CT molecular complexity index is 2720. The van der Waals surface area contributed by atoms with Gasteiger partial charge in [-0.3, -0.25) is 53.5 Å². The van der Waals surface area contributed by atoms with Crippen LogP contribution in [0.1, 0.15) is 86.4 Å². The van der Waals surface area contributed by atoms with Gasteiger partial charge >= 0.3 is 5.69 Å². The summed E-state index contributed by atoms with van der Waals surface area (Å²) < 4.78 is 19.4. The Morgan fingerprint density at radius 2 is 1.61 bits per heavy atom. The third-order valence-corrected chi connectivity index (χ3v) is 16.2. The van der Waals surface area contributed by atoms with Crippen LogP contribution in [0.4, 0.5) is 10.1 Å². The lowest BCUT2D eigenvalue weighted by Gasteiger charge is -2.47. The first-order valence-electron chi connectivity index (χ1n) is 23.7. The molecule has 4 saturated heterocycles. The number of carbonyl (C=O) groups is 5. The molecule has 1 aliphatic carbocycles. The zero-order chi connectivity index (χ0) is 46.8. The third-order valence-electron chi connectivity index (χ3n) is 15.7. The summed E-state index contributed by atoms with van der Waals surface area (Å²) in [6.45, 7) is 5.05. The van der Waals surface area contributed by atoms with Gasteiger partial charge in [-0.2, -0.15) is 0 Å². The molecule has 3 aromatic carbocycles. The average Bonchev–Trinajstić information content (AvgIpc) is 3.87. The van der Waals surface area contributed by atoms with Crippen molar-refractivity contribution >= 4 is 69.5 Å². The minimum absolute atomic E-state index is 0.0709. The van der Waals surface area contributed by atoms with Crippen LogP contribution >= 0.6 is 23.2 Å². The van der Waals surface area contributed by atoms with Crippen molar-refractivity contribution in [1.29, 1.82) is 0 Å². The lowest BCUT2D eigenvalue weighted by Crippen LogP contribution is -2.60. The largest absolute Gasteiger partial charge is 0.352 e. The van der Waals surface area contributed by atoms with Crippen molar-refractivity contribution in [3.8, 4) is 0 Å². The molecule has 4 atom stereocenters. The SMILES string of the molecule is Cn1c(=O)n(C2CCC(=O)NC2=O)c2ccc(CCN3CCN(C(=O)CN4CCC(NC(=O)C5NC6(CCCCC6)[C@@]6(C(=O)Nc7cc(Cl)ccc76)[C@H]5c5cccc(Cl)c5F)CC4)CC3)cc21. The highest BCUT2D eigenvalue weighted by molar-refractivity contribution is 6.31. The number of likely N-dealkylation sites (tertiary alicyclic amines) is 1. The molecule has 0 bridgehead atoms. The number of halogens is 3. The number of aromatic nitrogens is 2. The Hall–Kier alpha value is -5.13. The number of nitrogens with zero attached hydrogens (tertiary/aromatic N) is 5. The fourth-order valence-electron chi connectivity index (χ4n) is 12.3. The fourth-order valence-corrected chi connectivity index (χ4v) is 12.7. The van der Waals surface area contributed by atoms with Crippen LogP contribution in [0.5, 0.6) is 0 Å². The number of imidazole rings is 1. The molecule has 18 heteroatoms. The Balaban J connectivity index is 0.747. The molecule has 4 aromatic rings. The van der Waals surface area contributed by atoms with E-state index in [1.807, 2.05) is 29.2 Å². The van der Waals surface area contributed by atoms with Gasteiger partial charge in [0.1, 0.15) is 17.3 Å². The molecule has 2 spiro atoms. The second-order valence-corrected chi connectivity index (χ2v) is 20.2. The van der Waals surface area contributed by atoms with Crippen LogP contribution in [-0.4, -0.2) is 123 Å². The molecule has 15 nitrogen and oxygen atoms in total. The van der Waals surface area contributed by atoms with Crippen LogP contribution in [0.3, 0.4) is 0 Å². The van der Waals surface area contributed by atoms with Crippen LogP contribution in [0.15, 0.2) is 59.4 Å². The minimum Gasteiger partial charge on any atom is -0.352 e. The van der Waals surface area contributed by atoms with Gasteiger partial charge in [-0.15, -0.1) is 0 Å². The number of amides is 5. The number of nitrogens with one attached hydrogen (secondary N) is 4. The molecule has 10 rings (SSSR count). The number of fused-ring (bicyclic) bond motifs is 4. The molecule has 5 amide bonds. The first-order chi connectivity index (χ1) is 32.3. The molecule has 0 radical (unpaired) electrons. The number of rotatable bonds is 9. The van der Waals surface area contributed by atoms with E-state index in [4.69, 9.17) is 23.2 Å². The molecule has 4 N–H and O–H groups in total. The van der Waals surface area contributed by atoms with Gasteiger partial charge in [-0.05, 0) is 85.5 Å². The standard InChI is InChI=1S/C49H56Cl2FN9O6/c1-57-38-26-29(8-11-36(38)61(47(57)67)37-12-13-39(62)55-44(37)64)14-19-58-22-24-60(25-23-58)40(63)28-59-20-15-31(16-21-59)53-45(65)43-41(32-6-5-7-34(51)42(32)52)49(48(56-43)17-3-2-4-18-48)33-10-9-30(50)27-35(33)54-46(49)66/h5-11,26-27,31,37,41,43,56H,2-4,12-25,28H2,1H3,(H,53,65)(H,54,66)(H,55,62,64)/t37?,41-,43?,49+/m0/s1. The van der Waals surface area contributed by atoms with Gasteiger partial charge in [0.05, 0.1) is 28.6 Å². The normalized spacial score (nSPS) is 25.8. The number of benzene rings is 3. The van der Waals surface area contributed by atoms with Crippen molar-refractivity contribution in [2.24, 2.45) is 7.05 Å². The molecule has 2 unspecified atom stereocenters. The van der Waals surface area contributed by atoms with E-state index in [0.29, 0.717) is 80.2 Å². The maximum absolute atomic E-state index is 16.3. The second kappa shape index (κ2) is 18.1. The highest BCUT2D eigenvalue weighted by Crippen LogP contribution is 2.62. The number of piperidine rings is 2. The van der Waals surface area contributed by atoms with Gasteiger partial charge in [0.25, 0.3) is 0 Å². The third kappa shape index (κ3) is 7.95. The van der Waals surface area contributed by atoms with Crippen molar-refractivity contribution in [3.63, 3.8) is 0 Å². The lowest BCUT2D eigenvalue weighted by atomic mass is 9.55. The van der Waals surface area contributed by atoms with Gasteiger partial charge in [0, 0.05) is 87.5 Å². The summed E-state index contributed by atoms with van der Waals surface area (Å²) in [6.07, 6.45) is 6.48. The summed E-state index contributed by atoms with van der Waals surface area (Å²) in [6, 6.07) is 14.1. The fraction of sp³-hybridized carbons (Fsp3) is 0.510. The first-order valence-corrected chi connectivity index (χ1v) is 24.4. The Morgan fingerprint density at radius 1 is 0.851 bits per heavy atom. The molecular weight excluding hydrogens is 900 g/mol. The first kappa shape index (κ1) is 45.6. The van der Waals surface area contributed by atoms with Crippen LogP contribution in [0, 0.1) is 5.82 Å². The smallest absolute Gasteiger partial charge is 0.329 e. The van der Waals surface area contributed by atoms with Gasteiger partial charge in [0.15, 0.2) is 0 Å². The number of imide groups is 1. The average molecular weight is 957 g/mol. The highest BCUT2D eigenvalue weighted by Gasteiger charge is 2.72. The van der Waals surface area contributed by atoms with Gasteiger partial charge in [0.2, 0.25) is 29.5 Å². The van der Waals surface area contributed by atoms with E-state index in [1.165, 1.54) is 10.6 Å². The lowest BCUT2D eigenvalue weighted by molar-refractivity contribution is -0.136. The van der Waals surface area contributed by atoms with E-state index >= 15 is 4.39 Å². The molecular formula is C49H56Cl2FN9O6. The topological polar surface area (TPSA) is 170 Å². The van der Waals surface area contributed by atoms with Gasteiger partial charge < -0.3 is 15.5 Å². The Kier molecular flexibility index (Phi) is 12.3. The van der Waals surface area contributed by atoms with Crippen LogP contribution in [-0.2, 0) is 42.9 Å². The van der Waals surface area contributed by atoms with Gasteiger partial charge in [-0.25, -0.2) is 9.18 Å². The summed E-state index contributed by atoms with van der Waals surface area (Å²) in [4.78, 5) is 86.9. The number of carbonyl (C=O) groups excluding carboxylic acids is 5. The molecule has 6 aliphatic rings. The van der Waals surface area contributed by atoms with Crippen LogP contribution in [0.2, 0.25) is 10.0 Å². The van der Waals surface area contributed by atoms with Crippen molar-refractivity contribution in [3.05, 3.63) is 97.6 Å². The number of piperazine rings is 1. The van der Waals surface area contributed by atoms with E-state index in [-0.39, 0.29) is 58.8 Å². The summed E-state index contributed by atoms with van der Waals surface area (Å²) in [7, 11) is 1.69. The maximum atomic E-state index is 16.3. The Labute approximate surface area is 397 Å². The van der Waals surface area contributed by atoms with Crippen LogP contribution in [0.25, 0.3) is 11.0 Å². The number of aryl methyl sites for hydroxylation is 1. The summed E-state index contributed by atoms with van der Waals surface area (Å²) in [5, 5.41) is 12.8. The summed E-state index contributed by atoms with van der Waals surface area (Å²) >= 11 is 12.8. The second-order valence-electron chi connectivity index (χ2n) is 19.4. The molecule has 67 heavy (non-hydrogen) atoms. The predicted octanol–water partition coefficient (Wildman–Crippen LogP) is 4.38. The number of anilines is 1. The molecule has 1 saturated carbocycles. The van der Waals surface area contributed by atoms with E-state index in [2.05, 4.69) is 31.1 Å². The number of hydrogen-bond donors (Lipinski definition) is 4. The van der Waals surface area contributed by atoms with Crippen molar-refractivity contribution in [2.75, 3.05) is 57.7 Å². The molecule has 5 aliphatic heterocycles. The zero-order valence-electron chi connectivity index (χ0n) is 37.6. The van der Waals surface area contributed by atoms with E-state index in [1.54, 1.807) is 35.9 Å². The monoisotopic (exact) mass is 955 g/mol. The zero-order valence-corrected chi connectivity index (χ0v) is 39.1. The molecule has 6 heterocycles. The molecule has 354 valence electrons. The predicted molar refractivity (Wildman–Crippen MR) is 252 cm³/mol. The van der Waals surface area contributed by atoms with Crippen LogP contribution < -0.4 is 27.0 Å². The quantitative estimate of drug-likeness (QED) is 0.178. The number of hydrogen-bond acceptors (Lipinski definition) is 9. The van der Waals surface area contributed by atoms with Crippen molar-refractivity contribution in [1.82, 2.24) is 39.8 Å². The molecule has 1 aromatic heterocycles. The summed E-state index contributed by atoms with van der Waals surface area (Å²) in [5.74, 6) is -2.81.